The number of halogens is 1. The van der Waals surface area contributed by atoms with E-state index in [1.165, 1.54) is 6.07 Å². The van der Waals surface area contributed by atoms with E-state index < -0.39 is 24.5 Å². The monoisotopic (exact) mass is 330 g/mol. The highest BCUT2D eigenvalue weighted by Crippen LogP contribution is 2.28. The van der Waals surface area contributed by atoms with Gasteiger partial charge < -0.3 is 15.6 Å². The average molecular weight is 331 g/mol. The number of hydrogen-bond donors (Lipinski definition) is 3. The van der Waals surface area contributed by atoms with Crippen molar-refractivity contribution in [1.82, 2.24) is 5.32 Å². The van der Waals surface area contributed by atoms with E-state index in [9.17, 15) is 14.4 Å². The number of carboxylic acid groups (broad SMARTS) is 1. The first kappa shape index (κ1) is 15.0. The summed E-state index contributed by atoms with van der Waals surface area (Å²) in [6, 6.07) is 2.00. The molecule has 0 unspecified atom stereocenters. The molecule has 1 rings (SSSR count). The van der Waals surface area contributed by atoms with Gasteiger partial charge >= 0.3 is 12.0 Å². The maximum Gasteiger partial charge on any atom is 0.339 e. The van der Waals surface area contributed by atoms with Crippen molar-refractivity contribution in [1.29, 1.82) is 0 Å². The van der Waals surface area contributed by atoms with E-state index in [0.717, 1.165) is 0 Å². The molecule has 0 fully saturated rings. The van der Waals surface area contributed by atoms with Gasteiger partial charge in [-0.1, -0.05) is 15.9 Å². The van der Waals surface area contributed by atoms with Crippen molar-refractivity contribution in [3.63, 3.8) is 0 Å². The number of rotatable bonds is 4. The van der Waals surface area contributed by atoms with Crippen LogP contribution >= 0.6 is 15.9 Å². The Kier molecular flexibility index (Phi) is 4.87. The number of aromatic carboxylic acids is 1. The van der Waals surface area contributed by atoms with Gasteiger partial charge in [0.15, 0.2) is 6.61 Å². The summed E-state index contributed by atoms with van der Waals surface area (Å²) in [7, 11) is 0. The minimum atomic E-state index is -1.19. The number of ether oxygens (including phenoxy) is 1. The zero-order valence-electron chi connectivity index (χ0n) is 9.90. The number of carbonyl (C=O) groups excluding carboxylic acids is 2. The largest absolute Gasteiger partial charge is 0.483 e. The Balaban J connectivity index is 2.91. The Morgan fingerprint density at radius 3 is 2.58 bits per heavy atom. The topological polar surface area (TPSA) is 119 Å². The van der Waals surface area contributed by atoms with E-state index in [1.807, 2.05) is 5.32 Å². The molecule has 4 N–H and O–H groups in total. The number of imide groups is 1. The first-order valence-corrected chi connectivity index (χ1v) is 5.86. The Labute approximate surface area is 116 Å². The molecule has 0 bridgehead atoms. The normalized spacial score (nSPS) is 9.79. The SMILES string of the molecule is Cc1cc(Br)cc(C(=O)O)c1OCC(=O)NC(N)=O. The smallest absolute Gasteiger partial charge is 0.339 e. The molecular formula is C11H11BrN2O5. The molecule has 102 valence electrons. The lowest BCUT2D eigenvalue weighted by Crippen LogP contribution is -2.38. The summed E-state index contributed by atoms with van der Waals surface area (Å²) < 4.78 is 5.71. The molecule has 1 aromatic rings. The lowest BCUT2D eigenvalue weighted by atomic mass is 10.1. The summed E-state index contributed by atoms with van der Waals surface area (Å²) in [4.78, 5) is 32.7. The van der Waals surface area contributed by atoms with Crippen molar-refractivity contribution in [2.75, 3.05) is 6.61 Å². The second-order valence-electron chi connectivity index (χ2n) is 3.61. The second-order valence-corrected chi connectivity index (χ2v) is 4.52. The number of primary amides is 1. The Bertz CT molecular complexity index is 544. The number of carboxylic acids is 1. The van der Waals surface area contributed by atoms with E-state index in [1.54, 1.807) is 13.0 Å². The molecule has 0 saturated heterocycles. The van der Waals surface area contributed by atoms with Crippen molar-refractivity contribution in [3.8, 4) is 5.75 Å². The first-order valence-electron chi connectivity index (χ1n) is 5.06. The standard InChI is InChI=1S/C11H11BrN2O5/c1-5-2-6(12)3-7(10(16)17)9(5)19-4-8(15)14-11(13)18/h2-3H,4H2,1H3,(H,16,17)(H3,13,14,15,18). The van der Waals surface area contributed by atoms with Crippen LogP contribution in [0.15, 0.2) is 16.6 Å². The quantitative estimate of drug-likeness (QED) is 0.761. The Hall–Kier alpha value is -2.09. The lowest BCUT2D eigenvalue weighted by molar-refractivity contribution is -0.121. The first-order chi connectivity index (χ1) is 8.81. The number of urea groups is 1. The van der Waals surface area contributed by atoms with Crippen LogP contribution < -0.4 is 15.8 Å². The molecule has 0 aromatic heterocycles. The van der Waals surface area contributed by atoms with E-state index in [0.29, 0.717) is 10.0 Å². The summed E-state index contributed by atoms with van der Waals surface area (Å²) in [6.45, 7) is 1.13. The van der Waals surface area contributed by atoms with Gasteiger partial charge in [-0.3, -0.25) is 10.1 Å². The summed E-state index contributed by atoms with van der Waals surface area (Å²) in [5, 5.41) is 10.9. The number of aryl methyl sites for hydroxylation is 1. The highest BCUT2D eigenvalue weighted by molar-refractivity contribution is 9.10. The van der Waals surface area contributed by atoms with Gasteiger partial charge in [-0.2, -0.15) is 0 Å². The minimum absolute atomic E-state index is 0.0651. The van der Waals surface area contributed by atoms with Crippen LogP contribution in [0.2, 0.25) is 0 Å². The molecule has 7 nitrogen and oxygen atoms in total. The summed E-state index contributed by atoms with van der Waals surface area (Å²) in [6.07, 6.45) is 0. The van der Waals surface area contributed by atoms with Gasteiger partial charge in [-0.25, -0.2) is 9.59 Å². The van der Waals surface area contributed by atoms with Gasteiger partial charge in [0.2, 0.25) is 0 Å². The van der Waals surface area contributed by atoms with E-state index in [2.05, 4.69) is 15.9 Å². The molecule has 0 aliphatic carbocycles. The molecule has 0 heterocycles. The highest BCUT2D eigenvalue weighted by Gasteiger charge is 2.16. The van der Waals surface area contributed by atoms with Gasteiger partial charge in [0.05, 0.1) is 0 Å². The Morgan fingerprint density at radius 1 is 1.42 bits per heavy atom. The molecule has 0 aliphatic rings. The van der Waals surface area contributed by atoms with E-state index in [-0.39, 0.29) is 11.3 Å². The van der Waals surface area contributed by atoms with Gasteiger partial charge in [0.1, 0.15) is 11.3 Å². The van der Waals surface area contributed by atoms with Crippen LogP contribution in [0.3, 0.4) is 0 Å². The fourth-order valence-corrected chi connectivity index (χ4v) is 1.96. The number of amides is 3. The number of nitrogens with two attached hydrogens (primary N) is 1. The third kappa shape index (κ3) is 4.25. The summed E-state index contributed by atoms with van der Waals surface area (Å²) >= 11 is 3.17. The van der Waals surface area contributed by atoms with Crippen molar-refractivity contribution >= 4 is 33.8 Å². The highest BCUT2D eigenvalue weighted by atomic mass is 79.9. The Morgan fingerprint density at radius 2 is 2.05 bits per heavy atom. The third-order valence-electron chi connectivity index (χ3n) is 2.08. The predicted octanol–water partition coefficient (Wildman–Crippen LogP) is 1.03. The third-order valence-corrected chi connectivity index (χ3v) is 2.54. The number of nitrogens with one attached hydrogen (secondary N) is 1. The van der Waals surface area contributed by atoms with Gasteiger partial charge in [-0.15, -0.1) is 0 Å². The van der Waals surface area contributed by atoms with Crippen molar-refractivity contribution in [3.05, 3.63) is 27.7 Å². The predicted molar refractivity (Wildman–Crippen MR) is 69.1 cm³/mol. The van der Waals surface area contributed by atoms with Gasteiger partial charge in [-0.05, 0) is 24.6 Å². The fourth-order valence-electron chi connectivity index (χ4n) is 1.39. The molecule has 19 heavy (non-hydrogen) atoms. The van der Waals surface area contributed by atoms with Gasteiger partial charge in [0, 0.05) is 4.47 Å². The fraction of sp³-hybridized carbons (Fsp3) is 0.182. The summed E-state index contributed by atoms with van der Waals surface area (Å²) in [5.74, 6) is -1.88. The maximum absolute atomic E-state index is 11.2. The van der Waals surface area contributed by atoms with Gasteiger partial charge in [0.25, 0.3) is 5.91 Å². The zero-order valence-corrected chi connectivity index (χ0v) is 11.5. The number of carbonyl (C=O) groups is 3. The van der Waals surface area contributed by atoms with Crippen LogP contribution in [-0.4, -0.2) is 29.6 Å². The van der Waals surface area contributed by atoms with Crippen LogP contribution in [0.5, 0.6) is 5.75 Å². The second kappa shape index (κ2) is 6.19. The average Bonchev–Trinajstić information content (AvgIpc) is 2.25. The maximum atomic E-state index is 11.2. The van der Waals surface area contributed by atoms with Crippen LogP contribution in [0, 0.1) is 6.92 Å². The molecular weight excluding hydrogens is 320 g/mol. The van der Waals surface area contributed by atoms with Crippen LogP contribution in [0.25, 0.3) is 0 Å². The molecule has 3 amide bonds. The molecule has 0 spiro atoms. The van der Waals surface area contributed by atoms with Crippen molar-refractivity contribution < 1.29 is 24.2 Å². The summed E-state index contributed by atoms with van der Waals surface area (Å²) in [5.41, 5.74) is 5.22. The van der Waals surface area contributed by atoms with E-state index >= 15 is 0 Å². The lowest BCUT2D eigenvalue weighted by Gasteiger charge is -2.12. The minimum Gasteiger partial charge on any atom is -0.483 e. The molecule has 0 radical (unpaired) electrons. The molecule has 0 aliphatic heterocycles. The molecule has 0 atom stereocenters. The van der Waals surface area contributed by atoms with Crippen molar-refractivity contribution in [2.24, 2.45) is 5.73 Å². The molecule has 8 heteroatoms. The number of benzene rings is 1. The van der Waals surface area contributed by atoms with Crippen LogP contribution in [0.4, 0.5) is 4.79 Å². The number of hydrogen-bond acceptors (Lipinski definition) is 4. The van der Waals surface area contributed by atoms with E-state index in [4.69, 9.17) is 15.6 Å². The van der Waals surface area contributed by atoms with Crippen LogP contribution in [0.1, 0.15) is 15.9 Å². The van der Waals surface area contributed by atoms with Crippen LogP contribution in [-0.2, 0) is 4.79 Å². The zero-order chi connectivity index (χ0) is 14.6. The molecule has 0 saturated carbocycles. The molecule has 1 aromatic carbocycles. The van der Waals surface area contributed by atoms with Crippen molar-refractivity contribution in [2.45, 2.75) is 6.92 Å².